The largest absolute Gasteiger partial charge is 0.470 e. The Balaban J connectivity index is 1.34. The minimum Gasteiger partial charge on any atom is -0.470 e. The van der Waals surface area contributed by atoms with Gasteiger partial charge in [0.15, 0.2) is 5.82 Å². The third kappa shape index (κ3) is 5.24. The lowest BCUT2D eigenvalue weighted by Crippen LogP contribution is -2.48. The molecule has 34 heavy (non-hydrogen) atoms. The first-order valence-electron chi connectivity index (χ1n) is 11.9. The average molecular weight is 467 g/mol. The molecular formula is C25H34N6O3. The summed E-state index contributed by atoms with van der Waals surface area (Å²) < 4.78 is 6.12. The molecule has 1 atom stereocenters. The van der Waals surface area contributed by atoms with Crippen LogP contribution in [-0.4, -0.2) is 84.6 Å². The lowest BCUT2D eigenvalue weighted by molar-refractivity contribution is -0.134. The van der Waals surface area contributed by atoms with Crippen molar-refractivity contribution in [2.24, 2.45) is 0 Å². The molecule has 1 aromatic heterocycles. The van der Waals surface area contributed by atoms with E-state index in [0.717, 1.165) is 18.5 Å². The predicted molar refractivity (Wildman–Crippen MR) is 131 cm³/mol. The average Bonchev–Trinajstić information content (AvgIpc) is 3.19. The van der Waals surface area contributed by atoms with E-state index >= 15 is 0 Å². The smallest absolute Gasteiger partial charge is 0.325 e. The third-order valence-electron chi connectivity index (χ3n) is 6.37. The van der Waals surface area contributed by atoms with Gasteiger partial charge in [0.05, 0.1) is 6.54 Å². The molecule has 4 rings (SSSR count). The Hall–Kier alpha value is -3.36. The van der Waals surface area contributed by atoms with E-state index < -0.39 is 0 Å². The van der Waals surface area contributed by atoms with Gasteiger partial charge < -0.3 is 19.4 Å². The highest BCUT2D eigenvalue weighted by atomic mass is 16.5. The van der Waals surface area contributed by atoms with Crippen LogP contribution in [0.15, 0.2) is 36.7 Å². The van der Waals surface area contributed by atoms with Crippen molar-refractivity contribution in [3.8, 4) is 5.88 Å². The maximum absolute atomic E-state index is 13.1. The molecule has 182 valence electrons. The Morgan fingerprint density at radius 2 is 1.85 bits per heavy atom. The first kappa shape index (κ1) is 23.8. The zero-order valence-corrected chi connectivity index (χ0v) is 20.5. The number of anilines is 2. The number of nitrogens with zero attached hydrogens (tertiary/aromatic N) is 6. The van der Waals surface area contributed by atoms with Gasteiger partial charge in [0, 0.05) is 51.8 Å². The number of urea groups is 1. The first-order valence-corrected chi connectivity index (χ1v) is 11.9. The summed E-state index contributed by atoms with van der Waals surface area (Å²) in [6.07, 6.45) is 4.77. The molecule has 2 aliphatic rings. The highest BCUT2D eigenvalue weighted by molar-refractivity contribution is 5.96. The molecule has 9 nitrogen and oxygen atoms in total. The minimum absolute atomic E-state index is 0.0503. The monoisotopic (exact) mass is 466 g/mol. The Morgan fingerprint density at radius 1 is 1.12 bits per heavy atom. The summed E-state index contributed by atoms with van der Waals surface area (Å²) in [4.78, 5) is 41.7. The van der Waals surface area contributed by atoms with Crippen molar-refractivity contribution in [3.63, 3.8) is 0 Å². The van der Waals surface area contributed by atoms with Crippen LogP contribution in [0.1, 0.15) is 38.2 Å². The Morgan fingerprint density at radius 3 is 2.56 bits per heavy atom. The number of ether oxygens (including phenoxy) is 1. The molecule has 0 radical (unpaired) electrons. The number of amides is 3. The van der Waals surface area contributed by atoms with Crippen LogP contribution < -0.4 is 14.5 Å². The second kappa shape index (κ2) is 10.3. The maximum atomic E-state index is 13.1. The van der Waals surface area contributed by atoms with E-state index in [1.165, 1.54) is 5.56 Å². The summed E-state index contributed by atoms with van der Waals surface area (Å²) in [5.41, 5.74) is 2.11. The number of hydrogen-bond donors (Lipinski definition) is 0. The fourth-order valence-electron chi connectivity index (χ4n) is 4.40. The highest BCUT2D eigenvalue weighted by Crippen LogP contribution is 2.26. The Labute approximate surface area is 201 Å². The standard InChI is InChI=1S/C25H34N6O3/c1-18(2)19-7-9-20(10-8-19)31-15-14-30(25(31)33)17-22(32)29-13-5-6-21(16-29)34-24-23(28(3)4)26-11-12-27-24/h7-12,18,21H,5-6,13-17H2,1-4H3. The molecule has 2 aliphatic heterocycles. The predicted octanol–water partition coefficient (Wildman–Crippen LogP) is 2.98. The summed E-state index contributed by atoms with van der Waals surface area (Å²) in [7, 11) is 3.78. The number of piperidine rings is 1. The fraction of sp³-hybridized carbons (Fsp3) is 0.520. The number of carbonyl (C=O) groups is 2. The van der Waals surface area contributed by atoms with Crippen LogP contribution in [0.25, 0.3) is 0 Å². The summed E-state index contributed by atoms with van der Waals surface area (Å²) in [6.45, 7) is 6.64. The van der Waals surface area contributed by atoms with Crippen molar-refractivity contribution in [2.75, 3.05) is 56.6 Å². The number of rotatable bonds is 7. The second-order valence-electron chi connectivity index (χ2n) is 9.40. The second-order valence-corrected chi connectivity index (χ2v) is 9.40. The van der Waals surface area contributed by atoms with Crippen molar-refractivity contribution in [2.45, 2.75) is 38.7 Å². The normalized spacial score (nSPS) is 18.6. The fourth-order valence-corrected chi connectivity index (χ4v) is 4.40. The number of benzene rings is 1. The quantitative estimate of drug-likeness (QED) is 0.624. The van der Waals surface area contributed by atoms with Crippen LogP contribution >= 0.6 is 0 Å². The van der Waals surface area contributed by atoms with Gasteiger partial charge in [-0.25, -0.2) is 14.8 Å². The van der Waals surface area contributed by atoms with Crippen molar-refractivity contribution in [1.29, 1.82) is 0 Å². The molecule has 3 heterocycles. The number of carbonyl (C=O) groups excluding carboxylic acids is 2. The van der Waals surface area contributed by atoms with Crippen molar-refractivity contribution < 1.29 is 14.3 Å². The van der Waals surface area contributed by atoms with Crippen molar-refractivity contribution in [3.05, 3.63) is 42.2 Å². The van der Waals surface area contributed by atoms with E-state index in [1.807, 2.05) is 31.1 Å². The Bertz CT molecular complexity index is 1010. The summed E-state index contributed by atoms with van der Waals surface area (Å²) in [5, 5.41) is 0. The summed E-state index contributed by atoms with van der Waals surface area (Å²) in [6, 6.07) is 7.98. The van der Waals surface area contributed by atoms with Gasteiger partial charge in [-0.15, -0.1) is 0 Å². The molecule has 0 saturated carbocycles. The van der Waals surface area contributed by atoms with E-state index in [9.17, 15) is 9.59 Å². The van der Waals surface area contributed by atoms with Gasteiger partial charge in [0.1, 0.15) is 12.6 Å². The van der Waals surface area contributed by atoms with Crippen LogP contribution in [0.2, 0.25) is 0 Å². The molecule has 1 unspecified atom stereocenters. The van der Waals surface area contributed by atoms with Crippen molar-refractivity contribution >= 4 is 23.4 Å². The number of hydrogen-bond acceptors (Lipinski definition) is 6. The third-order valence-corrected chi connectivity index (χ3v) is 6.37. The van der Waals surface area contributed by atoms with Gasteiger partial charge in [-0.3, -0.25) is 9.69 Å². The van der Waals surface area contributed by atoms with Gasteiger partial charge in [-0.05, 0) is 36.5 Å². The molecule has 2 saturated heterocycles. The lowest BCUT2D eigenvalue weighted by Gasteiger charge is -2.34. The van der Waals surface area contributed by atoms with Crippen LogP contribution in [0, 0.1) is 0 Å². The molecule has 0 bridgehead atoms. The van der Waals surface area contributed by atoms with Crippen LogP contribution in [0.5, 0.6) is 5.88 Å². The van der Waals surface area contributed by atoms with Crippen LogP contribution in [-0.2, 0) is 4.79 Å². The molecule has 1 aromatic carbocycles. The molecule has 0 aliphatic carbocycles. The van der Waals surface area contributed by atoms with E-state index in [4.69, 9.17) is 4.74 Å². The van der Waals surface area contributed by atoms with Crippen LogP contribution in [0.3, 0.4) is 0 Å². The van der Waals surface area contributed by atoms with E-state index in [0.29, 0.717) is 43.8 Å². The van der Waals surface area contributed by atoms with Gasteiger partial charge >= 0.3 is 6.03 Å². The molecule has 0 spiro atoms. The topological polar surface area (TPSA) is 82.1 Å². The van der Waals surface area contributed by atoms with Gasteiger partial charge in [-0.2, -0.15) is 0 Å². The van der Waals surface area contributed by atoms with Gasteiger partial charge in [0.25, 0.3) is 5.88 Å². The maximum Gasteiger partial charge on any atom is 0.325 e. The molecule has 0 N–H and O–H groups in total. The summed E-state index contributed by atoms with van der Waals surface area (Å²) in [5.74, 6) is 1.53. The Kier molecular flexibility index (Phi) is 7.19. The summed E-state index contributed by atoms with van der Waals surface area (Å²) >= 11 is 0. The minimum atomic E-state index is -0.154. The number of aromatic nitrogens is 2. The first-order chi connectivity index (χ1) is 16.3. The van der Waals surface area contributed by atoms with E-state index in [1.54, 1.807) is 27.1 Å². The van der Waals surface area contributed by atoms with E-state index in [2.05, 4.69) is 35.9 Å². The zero-order valence-electron chi connectivity index (χ0n) is 20.5. The van der Waals surface area contributed by atoms with Gasteiger partial charge in [0.2, 0.25) is 5.91 Å². The molecule has 2 fully saturated rings. The molecule has 2 aromatic rings. The molecule has 9 heteroatoms. The molecular weight excluding hydrogens is 432 g/mol. The highest BCUT2D eigenvalue weighted by Gasteiger charge is 2.33. The van der Waals surface area contributed by atoms with Crippen LogP contribution in [0.4, 0.5) is 16.3 Å². The zero-order chi connectivity index (χ0) is 24.2. The number of likely N-dealkylation sites (tertiary alicyclic amines) is 1. The molecule has 3 amide bonds. The SMILES string of the molecule is CC(C)c1ccc(N2CCN(CC(=O)N3CCCC(Oc4nccnc4N(C)C)C3)C2=O)cc1. The lowest BCUT2D eigenvalue weighted by atomic mass is 10.0. The van der Waals surface area contributed by atoms with Gasteiger partial charge in [-0.1, -0.05) is 26.0 Å². The van der Waals surface area contributed by atoms with Crippen molar-refractivity contribution in [1.82, 2.24) is 19.8 Å². The van der Waals surface area contributed by atoms with E-state index in [-0.39, 0.29) is 24.6 Å².